The highest BCUT2D eigenvalue weighted by Gasteiger charge is 2.56. The second-order valence-electron chi connectivity index (χ2n) is 18.8. The van der Waals surface area contributed by atoms with E-state index in [1.807, 2.05) is 63.3 Å². The van der Waals surface area contributed by atoms with Crippen LogP contribution in [0.5, 0.6) is 0 Å². The van der Waals surface area contributed by atoms with Crippen molar-refractivity contribution in [2.24, 2.45) is 29.6 Å². The summed E-state index contributed by atoms with van der Waals surface area (Å²) < 4.78 is 30.3. The number of fused-ring (bicyclic) bond motifs is 3. The largest absolute Gasteiger partial charge is 0.456 e. The van der Waals surface area contributed by atoms with E-state index >= 15 is 0 Å². The van der Waals surface area contributed by atoms with Crippen LogP contribution in [0.2, 0.25) is 0 Å². The number of amides is 1. The van der Waals surface area contributed by atoms with Gasteiger partial charge < -0.3 is 43.9 Å². The van der Waals surface area contributed by atoms with Crippen molar-refractivity contribution in [2.75, 3.05) is 27.9 Å². The molecule has 1 aliphatic carbocycles. The van der Waals surface area contributed by atoms with Crippen LogP contribution < -0.4 is 0 Å². The van der Waals surface area contributed by atoms with Crippen LogP contribution in [0.15, 0.2) is 53.6 Å². The van der Waals surface area contributed by atoms with Gasteiger partial charge in [-0.25, -0.2) is 4.79 Å². The number of hydrogen-bond donors (Lipinski definition) is 3. The molecule has 14 atom stereocenters. The Morgan fingerprint density at radius 2 is 1.60 bits per heavy atom. The van der Waals surface area contributed by atoms with E-state index in [0.717, 1.165) is 11.1 Å². The lowest BCUT2D eigenvalue weighted by Crippen LogP contribution is -2.64. The number of methoxy groups -OCH3 is 3. The molecule has 1 saturated carbocycles. The Hall–Kier alpha value is -3.30. The van der Waals surface area contributed by atoms with E-state index < -0.39 is 89.5 Å². The monoisotopic (exact) mass is 868 g/mol. The number of aliphatic hydroxyl groups is 3. The van der Waals surface area contributed by atoms with E-state index in [2.05, 4.69) is 6.92 Å². The molecule has 14 unspecified atom stereocenters. The lowest BCUT2D eigenvalue weighted by Gasteiger charge is -2.47. The summed E-state index contributed by atoms with van der Waals surface area (Å²) >= 11 is 0. The highest BCUT2D eigenvalue weighted by Crippen LogP contribution is 2.43. The third-order valence-corrected chi connectivity index (χ3v) is 14.3. The topological polar surface area (TPSA) is 178 Å². The standard InChI is InChI=1S/C49H73NO12/c1-10-35-23-29(2)22-30(3)24-40(58-7)44-41(59-8)26-32(5)49(57,62-44)45(53)46(54)50-21-15-14-18-37(50)47(55)61-43(33(6)38(51)28-39(35)52)31(4)25-34-19-20-48(56,42(27-34)60-9)36-16-12-11-13-17-36/h11-13,16-17,23,25,30,32-35,37-38,40-44,51,56-57H,10,14-15,18-22,24,26-28H2,1-9H3/b29-23+,31-25?. The van der Waals surface area contributed by atoms with Gasteiger partial charge in [-0.05, 0) is 101 Å². The maximum absolute atomic E-state index is 14.5. The number of cyclic esters (lactones) is 1. The van der Waals surface area contributed by atoms with Crippen LogP contribution in [0.1, 0.15) is 118 Å². The van der Waals surface area contributed by atoms with Gasteiger partial charge in [-0.3, -0.25) is 14.4 Å². The zero-order valence-electron chi connectivity index (χ0n) is 38.4. The molecule has 346 valence electrons. The van der Waals surface area contributed by atoms with E-state index in [1.165, 1.54) is 19.1 Å². The van der Waals surface area contributed by atoms with Crippen molar-refractivity contribution in [2.45, 2.75) is 166 Å². The van der Waals surface area contributed by atoms with Crippen LogP contribution in [0.25, 0.3) is 0 Å². The third-order valence-electron chi connectivity index (χ3n) is 14.3. The number of hydrogen-bond acceptors (Lipinski definition) is 12. The smallest absolute Gasteiger partial charge is 0.329 e. The van der Waals surface area contributed by atoms with Gasteiger partial charge in [0.1, 0.15) is 29.6 Å². The Morgan fingerprint density at radius 3 is 2.24 bits per heavy atom. The van der Waals surface area contributed by atoms with E-state index in [9.17, 15) is 34.5 Å². The number of piperidine rings is 1. The lowest BCUT2D eigenvalue weighted by molar-refractivity contribution is -0.302. The zero-order valence-corrected chi connectivity index (χ0v) is 38.4. The van der Waals surface area contributed by atoms with Crippen molar-refractivity contribution in [1.29, 1.82) is 0 Å². The van der Waals surface area contributed by atoms with E-state index in [0.29, 0.717) is 56.9 Å². The number of benzene rings is 1. The van der Waals surface area contributed by atoms with Gasteiger partial charge in [0.15, 0.2) is 0 Å². The number of ketones is 2. The molecule has 1 aromatic carbocycles. The van der Waals surface area contributed by atoms with Gasteiger partial charge in [-0.2, -0.15) is 0 Å². The number of nitrogens with zero attached hydrogens (tertiary/aromatic N) is 1. The Bertz CT molecular complexity index is 1770. The SMILES string of the molecule is CCC1/C=C(\C)CC(C)CC(OC)C2OC(O)(C(=O)C(=O)N3CCCCC3C(=O)OC(C(C)=CC3CCC(O)(c4ccccc4)C(OC)C3)C(C)C(O)CC1=O)C(C)CC2OC. The summed E-state index contributed by atoms with van der Waals surface area (Å²) in [6.07, 6.45) is 3.69. The number of allylic oxidation sites excluding steroid dienone is 3. The normalized spacial score (nSPS) is 39.8. The van der Waals surface area contributed by atoms with Crippen LogP contribution in [0, 0.1) is 29.6 Å². The summed E-state index contributed by atoms with van der Waals surface area (Å²) in [4.78, 5) is 58.2. The number of aliphatic hydroxyl groups excluding tert-OH is 1. The highest BCUT2D eigenvalue weighted by molar-refractivity contribution is 6.39. The summed E-state index contributed by atoms with van der Waals surface area (Å²) in [7, 11) is 4.65. The Labute approximate surface area is 368 Å². The quantitative estimate of drug-likeness (QED) is 0.166. The number of rotatable bonds is 7. The number of ether oxygens (including phenoxy) is 5. The predicted molar refractivity (Wildman–Crippen MR) is 232 cm³/mol. The van der Waals surface area contributed by atoms with Gasteiger partial charge in [0.25, 0.3) is 11.7 Å². The van der Waals surface area contributed by atoms with Crippen LogP contribution in [0.3, 0.4) is 0 Å². The molecule has 4 aliphatic rings. The number of esters is 1. The Balaban J connectivity index is 1.52. The highest BCUT2D eigenvalue weighted by atomic mass is 16.7. The molecular weight excluding hydrogens is 795 g/mol. The van der Waals surface area contributed by atoms with Crippen LogP contribution in [0.4, 0.5) is 0 Å². The fourth-order valence-corrected chi connectivity index (χ4v) is 10.5. The maximum atomic E-state index is 14.5. The second-order valence-corrected chi connectivity index (χ2v) is 18.8. The Kier molecular flexibility index (Phi) is 17.3. The molecule has 3 fully saturated rings. The van der Waals surface area contributed by atoms with Crippen molar-refractivity contribution in [3.8, 4) is 0 Å². The average molecular weight is 868 g/mol. The average Bonchev–Trinajstić information content (AvgIpc) is 3.26. The van der Waals surface area contributed by atoms with Crippen LogP contribution in [-0.4, -0.2) is 120 Å². The molecule has 3 N–H and O–H groups in total. The van der Waals surface area contributed by atoms with E-state index in [1.54, 1.807) is 21.0 Å². The number of Topliss-reactive ketones (excluding diaryl/α,β-unsaturated/α-hetero) is 2. The minimum atomic E-state index is -2.51. The maximum Gasteiger partial charge on any atom is 0.329 e. The molecule has 13 heteroatoms. The second kappa shape index (κ2) is 21.6. The van der Waals surface area contributed by atoms with Crippen molar-refractivity contribution < 1.29 is 58.2 Å². The summed E-state index contributed by atoms with van der Waals surface area (Å²) in [6.45, 7) is 11.3. The lowest BCUT2D eigenvalue weighted by atomic mass is 9.72. The molecule has 3 heterocycles. The van der Waals surface area contributed by atoms with Gasteiger partial charge in [0.2, 0.25) is 5.79 Å². The van der Waals surface area contributed by atoms with Crippen molar-refractivity contribution in [1.82, 2.24) is 4.90 Å². The molecule has 13 nitrogen and oxygen atoms in total. The number of carbonyl (C=O) groups excluding carboxylic acids is 4. The first-order chi connectivity index (χ1) is 29.4. The predicted octanol–water partition coefficient (Wildman–Crippen LogP) is 6.00. The Morgan fingerprint density at radius 1 is 0.919 bits per heavy atom. The zero-order chi connectivity index (χ0) is 45.5. The molecule has 2 bridgehead atoms. The fraction of sp³-hybridized carbons (Fsp3) is 0.714. The summed E-state index contributed by atoms with van der Waals surface area (Å²) in [5.41, 5.74) is 1.22. The molecule has 1 aromatic rings. The molecule has 0 spiro atoms. The summed E-state index contributed by atoms with van der Waals surface area (Å²) in [5.74, 6) is -7.70. The van der Waals surface area contributed by atoms with Crippen LogP contribution >= 0.6 is 0 Å². The van der Waals surface area contributed by atoms with Gasteiger partial charge in [-0.15, -0.1) is 0 Å². The molecule has 3 aliphatic heterocycles. The van der Waals surface area contributed by atoms with Crippen LogP contribution in [-0.2, 0) is 48.5 Å². The van der Waals surface area contributed by atoms with Gasteiger partial charge in [-0.1, -0.05) is 75.8 Å². The summed E-state index contributed by atoms with van der Waals surface area (Å²) in [5, 5.41) is 35.7. The van der Waals surface area contributed by atoms with Crippen molar-refractivity contribution >= 4 is 23.4 Å². The minimum Gasteiger partial charge on any atom is -0.456 e. The molecular formula is C49H73NO12. The van der Waals surface area contributed by atoms with E-state index in [4.69, 9.17) is 23.7 Å². The van der Waals surface area contributed by atoms with Gasteiger partial charge in [0.05, 0.1) is 24.4 Å². The fourth-order valence-electron chi connectivity index (χ4n) is 10.5. The minimum absolute atomic E-state index is 0.0256. The molecule has 0 radical (unpaired) electrons. The van der Waals surface area contributed by atoms with Gasteiger partial charge in [0, 0.05) is 52.0 Å². The molecule has 1 amide bonds. The first kappa shape index (κ1) is 49.7. The van der Waals surface area contributed by atoms with Crippen molar-refractivity contribution in [3.63, 3.8) is 0 Å². The molecule has 2 saturated heterocycles. The van der Waals surface area contributed by atoms with E-state index in [-0.39, 0.29) is 43.4 Å². The van der Waals surface area contributed by atoms with Crippen molar-refractivity contribution in [3.05, 3.63) is 59.2 Å². The molecule has 0 aromatic heterocycles. The first-order valence-electron chi connectivity index (χ1n) is 22.8. The third kappa shape index (κ3) is 11.0. The first-order valence-corrected chi connectivity index (χ1v) is 22.8. The molecule has 62 heavy (non-hydrogen) atoms. The van der Waals surface area contributed by atoms with Gasteiger partial charge >= 0.3 is 5.97 Å². The molecule has 5 rings (SSSR count). The number of carbonyl (C=O) groups is 4. The summed E-state index contributed by atoms with van der Waals surface area (Å²) in [6, 6.07) is 8.31.